The first-order chi connectivity index (χ1) is 7.54. The Labute approximate surface area is 94.4 Å². The molecule has 1 atom stereocenters. The first-order valence-corrected chi connectivity index (χ1v) is 5.35. The summed E-state index contributed by atoms with van der Waals surface area (Å²) in [5.74, 6) is -0.657. The first-order valence-electron chi connectivity index (χ1n) is 5.35. The van der Waals surface area contributed by atoms with Crippen LogP contribution in [0.4, 0.5) is 0 Å². The average molecular weight is 227 g/mol. The van der Waals surface area contributed by atoms with E-state index in [1.807, 2.05) is 6.92 Å². The van der Waals surface area contributed by atoms with Gasteiger partial charge >= 0.3 is 0 Å². The number of hydrogen-bond donors (Lipinski definition) is 2. The van der Waals surface area contributed by atoms with E-state index in [4.69, 9.17) is 0 Å². The normalized spacial score (nSPS) is 20.5. The molecule has 0 aliphatic carbocycles. The van der Waals surface area contributed by atoms with Gasteiger partial charge in [0.2, 0.25) is 17.7 Å². The van der Waals surface area contributed by atoms with Crippen molar-refractivity contribution < 1.29 is 14.4 Å². The Morgan fingerprint density at radius 3 is 2.81 bits per heavy atom. The summed E-state index contributed by atoms with van der Waals surface area (Å²) in [5, 5.41) is 5.08. The van der Waals surface area contributed by atoms with Gasteiger partial charge in [0.1, 0.15) is 0 Å². The summed E-state index contributed by atoms with van der Waals surface area (Å²) in [6.45, 7) is 2.64. The average Bonchev–Trinajstić information content (AvgIpc) is 2.26. The minimum absolute atomic E-state index is 0.0628. The lowest BCUT2D eigenvalue weighted by atomic mass is 10.1. The topological polar surface area (TPSA) is 78.5 Å². The number of amides is 3. The molecule has 0 aromatic rings. The van der Waals surface area contributed by atoms with Crippen LogP contribution in [0.1, 0.15) is 19.8 Å². The van der Waals surface area contributed by atoms with Crippen LogP contribution < -0.4 is 10.6 Å². The van der Waals surface area contributed by atoms with Crippen LogP contribution in [0.3, 0.4) is 0 Å². The molecule has 0 saturated carbocycles. The van der Waals surface area contributed by atoms with Crippen LogP contribution in [0.25, 0.3) is 0 Å². The van der Waals surface area contributed by atoms with Crippen molar-refractivity contribution in [1.29, 1.82) is 0 Å². The van der Waals surface area contributed by atoms with Gasteiger partial charge in [-0.05, 0) is 13.3 Å². The van der Waals surface area contributed by atoms with Crippen molar-refractivity contribution in [1.82, 2.24) is 15.5 Å². The Balaban J connectivity index is 2.35. The zero-order valence-corrected chi connectivity index (χ0v) is 9.58. The number of rotatable bonds is 4. The van der Waals surface area contributed by atoms with Gasteiger partial charge in [0.15, 0.2) is 0 Å². The first kappa shape index (κ1) is 12.6. The number of carbonyl (C=O) groups is 3. The van der Waals surface area contributed by atoms with Crippen LogP contribution in [0, 0.1) is 0 Å². The summed E-state index contributed by atoms with van der Waals surface area (Å²) >= 11 is 0. The zero-order valence-electron chi connectivity index (χ0n) is 9.58. The van der Waals surface area contributed by atoms with E-state index in [9.17, 15) is 14.4 Å². The van der Waals surface area contributed by atoms with Crippen molar-refractivity contribution in [3.05, 3.63) is 0 Å². The summed E-state index contributed by atoms with van der Waals surface area (Å²) in [4.78, 5) is 35.2. The maximum atomic E-state index is 11.5. The molecule has 2 N–H and O–H groups in total. The highest BCUT2D eigenvalue weighted by Gasteiger charge is 2.26. The molecular weight excluding hydrogens is 210 g/mol. The number of hydrogen-bond acceptors (Lipinski definition) is 4. The summed E-state index contributed by atoms with van der Waals surface area (Å²) < 4.78 is 0. The van der Waals surface area contributed by atoms with E-state index in [2.05, 4.69) is 10.6 Å². The van der Waals surface area contributed by atoms with E-state index in [1.54, 1.807) is 11.9 Å². The standard InChI is InChI=1S/C10H17N3O3/c1-3-13(2)9(15)6-11-7-4-5-8(14)12-10(7)16/h7,11H,3-6H2,1-2H3,(H,12,14,16). The number of piperidine rings is 1. The molecule has 16 heavy (non-hydrogen) atoms. The summed E-state index contributed by atoms with van der Waals surface area (Å²) in [5.41, 5.74) is 0. The van der Waals surface area contributed by atoms with Crippen LogP contribution in [0.2, 0.25) is 0 Å². The lowest BCUT2D eigenvalue weighted by Gasteiger charge is -2.23. The highest BCUT2D eigenvalue weighted by atomic mass is 16.2. The van der Waals surface area contributed by atoms with E-state index in [0.717, 1.165) is 0 Å². The van der Waals surface area contributed by atoms with Crippen molar-refractivity contribution >= 4 is 17.7 Å². The van der Waals surface area contributed by atoms with Gasteiger partial charge in [-0.15, -0.1) is 0 Å². The Hall–Kier alpha value is -1.43. The summed E-state index contributed by atoms with van der Waals surface area (Å²) in [6.07, 6.45) is 0.773. The van der Waals surface area contributed by atoms with Gasteiger partial charge in [-0.25, -0.2) is 0 Å². The maximum absolute atomic E-state index is 11.5. The third-order valence-electron chi connectivity index (χ3n) is 2.64. The van der Waals surface area contributed by atoms with Crippen LogP contribution in [0.15, 0.2) is 0 Å². The molecule has 1 aliphatic heterocycles. The van der Waals surface area contributed by atoms with E-state index in [1.165, 1.54) is 0 Å². The van der Waals surface area contributed by atoms with Gasteiger partial charge in [-0.3, -0.25) is 25.0 Å². The molecule has 1 aliphatic rings. The van der Waals surface area contributed by atoms with Gasteiger partial charge in [-0.2, -0.15) is 0 Å². The molecular formula is C10H17N3O3. The second-order valence-corrected chi connectivity index (χ2v) is 3.79. The molecule has 0 aromatic heterocycles. The van der Waals surface area contributed by atoms with Crippen LogP contribution in [-0.2, 0) is 14.4 Å². The minimum atomic E-state index is -0.438. The molecule has 6 nitrogen and oxygen atoms in total. The Bertz CT molecular complexity index is 304. The molecule has 0 bridgehead atoms. The minimum Gasteiger partial charge on any atom is -0.345 e. The lowest BCUT2D eigenvalue weighted by molar-refractivity contribution is -0.134. The predicted molar refractivity (Wildman–Crippen MR) is 57.5 cm³/mol. The smallest absolute Gasteiger partial charge is 0.243 e. The number of nitrogens with zero attached hydrogens (tertiary/aromatic N) is 1. The quantitative estimate of drug-likeness (QED) is 0.595. The van der Waals surface area contributed by atoms with Gasteiger partial charge in [-0.1, -0.05) is 0 Å². The third-order valence-corrected chi connectivity index (χ3v) is 2.64. The molecule has 0 aromatic carbocycles. The molecule has 1 unspecified atom stereocenters. The Morgan fingerprint density at radius 1 is 1.56 bits per heavy atom. The number of likely N-dealkylation sites (N-methyl/N-ethyl adjacent to an activating group) is 1. The fraction of sp³-hybridized carbons (Fsp3) is 0.700. The Morgan fingerprint density at radius 2 is 2.25 bits per heavy atom. The van der Waals surface area contributed by atoms with E-state index in [0.29, 0.717) is 19.4 Å². The van der Waals surface area contributed by atoms with E-state index >= 15 is 0 Å². The van der Waals surface area contributed by atoms with E-state index in [-0.39, 0.29) is 24.3 Å². The third kappa shape index (κ3) is 3.30. The second-order valence-electron chi connectivity index (χ2n) is 3.79. The van der Waals surface area contributed by atoms with Crippen molar-refractivity contribution in [3.8, 4) is 0 Å². The van der Waals surface area contributed by atoms with Gasteiger partial charge < -0.3 is 4.90 Å². The van der Waals surface area contributed by atoms with Gasteiger partial charge in [0.05, 0.1) is 12.6 Å². The fourth-order valence-electron chi connectivity index (χ4n) is 1.41. The van der Waals surface area contributed by atoms with E-state index < -0.39 is 6.04 Å². The largest absolute Gasteiger partial charge is 0.345 e. The fourth-order valence-corrected chi connectivity index (χ4v) is 1.41. The molecule has 1 heterocycles. The van der Waals surface area contributed by atoms with Crippen molar-refractivity contribution in [2.75, 3.05) is 20.1 Å². The highest BCUT2D eigenvalue weighted by Crippen LogP contribution is 2.03. The number of nitrogens with one attached hydrogen (secondary N) is 2. The molecule has 1 fully saturated rings. The summed E-state index contributed by atoms with van der Waals surface area (Å²) in [6, 6.07) is -0.438. The SMILES string of the molecule is CCN(C)C(=O)CNC1CCC(=O)NC1=O. The lowest BCUT2D eigenvalue weighted by Crippen LogP contribution is -2.52. The molecule has 0 spiro atoms. The maximum Gasteiger partial charge on any atom is 0.243 e. The monoisotopic (exact) mass is 227 g/mol. The second kappa shape index (κ2) is 5.60. The highest BCUT2D eigenvalue weighted by molar-refractivity contribution is 6.00. The molecule has 3 amide bonds. The summed E-state index contributed by atoms with van der Waals surface area (Å²) in [7, 11) is 1.70. The van der Waals surface area contributed by atoms with Gasteiger partial charge in [0.25, 0.3) is 0 Å². The molecule has 1 rings (SSSR count). The van der Waals surface area contributed by atoms with Gasteiger partial charge in [0, 0.05) is 20.0 Å². The van der Waals surface area contributed by atoms with Crippen molar-refractivity contribution in [2.45, 2.75) is 25.8 Å². The zero-order chi connectivity index (χ0) is 12.1. The predicted octanol–water partition coefficient (Wildman–Crippen LogP) is -1.14. The number of carbonyl (C=O) groups excluding carboxylic acids is 3. The van der Waals surface area contributed by atoms with Crippen molar-refractivity contribution in [3.63, 3.8) is 0 Å². The molecule has 0 radical (unpaired) electrons. The molecule has 6 heteroatoms. The molecule has 1 saturated heterocycles. The number of imide groups is 1. The van der Waals surface area contributed by atoms with Crippen LogP contribution in [-0.4, -0.2) is 48.8 Å². The van der Waals surface area contributed by atoms with Crippen LogP contribution >= 0.6 is 0 Å². The Kier molecular flexibility index (Phi) is 4.42. The molecule has 90 valence electrons. The van der Waals surface area contributed by atoms with Crippen LogP contribution in [0.5, 0.6) is 0 Å². The van der Waals surface area contributed by atoms with Crippen molar-refractivity contribution in [2.24, 2.45) is 0 Å².